The molecule has 0 heterocycles. The molecule has 2 aromatic carbocycles. The predicted octanol–water partition coefficient (Wildman–Crippen LogP) is 8.94. The Hall–Kier alpha value is -0.357. The van der Waals surface area contributed by atoms with Crippen LogP contribution in [0.3, 0.4) is 0 Å². The molecule has 0 amide bonds. The van der Waals surface area contributed by atoms with Gasteiger partial charge < -0.3 is 0 Å². The molecular weight excluding hydrogens is 498 g/mol. The fourth-order valence-corrected chi connectivity index (χ4v) is 13.6. The third-order valence-electron chi connectivity index (χ3n) is 8.65. The Morgan fingerprint density at radius 1 is 0.903 bits per heavy atom. The number of aryl methyl sites for hydroxylation is 2. The first kappa shape index (κ1) is 21.2. The summed E-state index contributed by atoms with van der Waals surface area (Å²) in [6, 6.07) is 13.7. The molecule has 4 fully saturated rings. The first-order chi connectivity index (χ1) is 14.9. The van der Waals surface area contributed by atoms with Gasteiger partial charge in [0.1, 0.15) is 0 Å². The molecule has 0 aliphatic heterocycles. The van der Waals surface area contributed by atoms with Crippen LogP contribution >= 0.6 is 17.0 Å². The van der Waals surface area contributed by atoms with Crippen molar-refractivity contribution in [1.29, 1.82) is 0 Å². The van der Waals surface area contributed by atoms with Crippen molar-refractivity contribution in [2.24, 2.45) is 23.2 Å². The standard InChI is InChI=1S/C28H31.2ClH.Zr/c1-18-6-19(2)8-25(7-18)26-5-3-4-24-12-23(13-27(24)26)17-28-14-20-9-21(15-28)11-22(10-20)16-28;;;/h3-8,12-13,20-22H,9-11,14-17H2,1-2H3;2*1H;/q;;;+2/p-2. The van der Waals surface area contributed by atoms with Gasteiger partial charge in [0, 0.05) is 0 Å². The van der Waals surface area contributed by atoms with E-state index in [1.165, 1.54) is 78.3 Å². The molecule has 31 heavy (non-hydrogen) atoms. The molecular formula is C28H31Cl2Zr. The fourth-order valence-electron chi connectivity index (χ4n) is 8.20. The van der Waals surface area contributed by atoms with Crippen LogP contribution in [-0.2, 0) is 19.4 Å². The minimum absolute atomic E-state index is 0.333. The quantitative estimate of drug-likeness (QED) is 0.371. The van der Waals surface area contributed by atoms with Crippen molar-refractivity contribution in [2.45, 2.75) is 62.4 Å². The van der Waals surface area contributed by atoms with E-state index in [1.54, 1.807) is 5.57 Å². The zero-order chi connectivity index (χ0) is 21.3. The average molecular weight is 530 g/mol. The summed E-state index contributed by atoms with van der Waals surface area (Å²) in [5.74, 6) is 2.97. The Balaban J connectivity index is 1.41. The van der Waals surface area contributed by atoms with E-state index in [4.69, 9.17) is 17.0 Å². The fraction of sp³-hybridized carbons (Fsp3) is 0.500. The Kier molecular flexibility index (Phi) is 5.37. The van der Waals surface area contributed by atoms with Crippen LogP contribution in [0.1, 0.15) is 70.8 Å². The molecule has 0 nitrogen and oxygen atoms in total. The number of benzene rings is 2. The molecule has 5 aliphatic carbocycles. The summed E-state index contributed by atoms with van der Waals surface area (Å²) in [5.41, 5.74) is 10.3. The van der Waals surface area contributed by atoms with E-state index in [0.717, 1.165) is 17.8 Å². The monoisotopic (exact) mass is 527 g/mol. The number of rotatable bonds is 4. The summed E-state index contributed by atoms with van der Waals surface area (Å²) in [7, 11) is 13.7. The number of fused-ring (bicyclic) bond motifs is 1. The van der Waals surface area contributed by atoms with Gasteiger partial charge in [0.2, 0.25) is 0 Å². The number of hydrogen-bond acceptors (Lipinski definition) is 0. The van der Waals surface area contributed by atoms with Crippen LogP contribution in [0.5, 0.6) is 0 Å². The summed E-state index contributed by atoms with van der Waals surface area (Å²) in [6.45, 7) is 4.39. The molecule has 0 N–H and O–H groups in total. The van der Waals surface area contributed by atoms with Crippen LogP contribution in [0.4, 0.5) is 0 Å². The van der Waals surface area contributed by atoms with Crippen LogP contribution in [0.25, 0.3) is 17.2 Å². The van der Waals surface area contributed by atoms with Gasteiger partial charge in [-0.3, -0.25) is 0 Å². The van der Waals surface area contributed by atoms with Crippen molar-refractivity contribution in [3.8, 4) is 11.1 Å². The van der Waals surface area contributed by atoms with Gasteiger partial charge in [-0.2, -0.15) is 0 Å². The molecule has 4 bridgehead atoms. The second-order valence-corrected chi connectivity index (χ2v) is 20.0. The van der Waals surface area contributed by atoms with Crippen molar-refractivity contribution in [1.82, 2.24) is 0 Å². The van der Waals surface area contributed by atoms with E-state index in [0.29, 0.717) is 9.04 Å². The molecule has 2 aromatic rings. The van der Waals surface area contributed by atoms with E-state index in [1.807, 2.05) is 0 Å². The Bertz CT molecular complexity index is 1010. The van der Waals surface area contributed by atoms with Crippen LogP contribution in [0, 0.1) is 37.0 Å². The summed E-state index contributed by atoms with van der Waals surface area (Å²) in [4.78, 5) is 0. The second-order valence-electron chi connectivity index (χ2n) is 11.2. The Morgan fingerprint density at radius 3 is 2.10 bits per heavy atom. The van der Waals surface area contributed by atoms with Crippen molar-refractivity contribution in [3.63, 3.8) is 0 Å². The first-order valence-corrected chi connectivity index (χ1v) is 19.7. The Labute approximate surface area is 202 Å². The maximum atomic E-state index is 6.86. The van der Waals surface area contributed by atoms with Crippen LogP contribution in [0.2, 0.25) is 0 Å². The topological polar surface area (TPSA) is 0 Å². The zero-order valence-electron chi connectivity index (χ0n) is 18.6. The summed E-state index contributed by atoms with van der Waals surface area (Å²) in [5, 5.41) is 0. The molecule has 0 aromatic heterocycles. The normalized spacial score (nSPS) is 32.8. The maximum absolute atomic E-state index is 6.86. The van der Waals surface area contributed by atoms with E-state index in [-0.39, 0.29) is 0 Å². The van der Waals surface area contributed by atoms with Crippen molar-refractivity contribution >= 4 is 23.1 Å². The molecule has 1 atom stereocenters. The summed E-state index contributed by atoms with van der Waals surface area (Å²) >= 11 is -2.52. The molecule has 1 unspecified atom stereocenters. The molecule has 161 valence electrons. The molecule has 7 rings (SSSR count). The molecule has 3 heteroatoms. The van der Waals surface area contributed by atoms with Crippen molar-refractivity contribution in [3.05, 3.63) is 64.2 Å². The van der Waals surface area contributed by atoms with Gasteiger partial charge in [0.05, 0.1) is 0 Å². The van der Waals surface area contributed by atoms with Crippen molar-refractivity contribution in [2.75, 3.05) is 0 Å². The molecule has 4 saturated carbocycles. The van der Waals surface area contributed by atoms with Gasteiger partial charge in [-0.1, -0.05) is 0 Å². The van der Waals surface area contributed by atoms with Gasteiger partial charge in [-0.15, -0.1) is 0 Å². The number of halogens is 2. The number of hydrogen-bond donors (Lipinski definition) is 0. The van der Waals surface area contributed by atoms with E-state index < -0.39 is 19.4 Å². The van der Waals surface area contributed by atoms with E-state index in [9.17, 15) is 0 Å². The third kappa shape index (κ3) is 3.76. The van der Waals surface area contributed by atoms with Gasteiger partial charge in [0.25, 0.3) is 0 Å². The minimum atomic E-state index is -2.52. The first-order valence-electron chi connectivity index (χ1n) is 12.0. The zero-order valence-corrected chi connectivity index (χ0v) is 22.5. The van der Waals surface area contributed by atoms with Gasteiger partial charge in [0.15, 0.2) is 0 Å². The molecule has 5 aliphatic rings. The number of allylic oxidation sites excluding steroid dienone is 1. The Morgan fingerprint density at radius 2 is 1.52 bits per heavy atom. The van der Waals surface area contributed by atoms with Gasteiger partial charge in [-0.25, -0.2) is 0 Å². The SMILES string of the molecule is Cc1cc(C)cc(-c2cccc3c2C=C(CC24CC5CC(CC(C5)C2)C4)[CH]3[Zr]([Cl])[Cl])c1. The van der Waals surface area contributed by atoms with Gasteiger partial charge >= 0.3 is 203 Å². The van der Waals surface area contributed by atoms with Crippen molar-refractivity contribution < 1.29 is 19.4 Å². The predicted molar refractivity (Wildman–Crippen MR) is 129 cm³/mol. The van der Waals surface area contributed by atoms with Crippen LogP contribution in [0.15, 0.2) is 42.0 Å². The summed E-state index contributed by atoms with van der Waals surface area (Å²) in [6.07, 6.45) is 12.6. The molecule has 0 saturated heterocycles. The van der Waals surface area contributed by atoms with Gasteiger partial charge in [-0.05, 0) is 0 Å². The molecule has 0 spiro atoms. The van der Waals surface area contributed by atoms with Crippen LogP contribution in [-0.4, -0.2) is 0 Å². The summed E-state index contributed by atoms with van der Waals surface area (Å²) < 4.78 is 0.333. The third-order valence-corrected chi connectivity index (χ3v) is 14.0. The molecule has 0 radical (unpaired) electrons. The van der Waals surface area contributed by atoms with E-state index in [2.05, 4.69) is 56.3 Å². The van der Waals surface area contributed by atoms with E-state index >= 15 is 0 Å². The van der Waals surface area contributed by atoms with Crippen LogP contribution < -0.4 is 0 Å². The average Bonchev–Trinajstić information content (AvgIpc) is 3.03. The second kappa shape index (κ2) is 7.85.